The number of rotatable bonds is 5. The Morgan fingerprint density at radius 3 is 2.58 bits per heavy atom. The molecule has 0 aliphatic heterocycles. The zero-order valence-corrected chi connectivity index (χ0v) is 13.8. The number of nitrogens with one attached hydrogen (secondary N) is 1. The molecule has 5 heteroatoms. The van der Waals surface area contributed by atoms with Crippen LogP contribution < -0.4 is 11.1 Å². The number of nitrogen functional groups attached to an aromatic ring is 1. The van der Waals surface area contributed by atoms with E-state index in [4.69, 9.17) is 10.8 Å². The summed E-state index contributed by atoms with van der Waals surface area (Å²) >= 11 is 1.64. The van der Waals surface area contributed by atoms with E-state index in [1.807, 2.05) is 41.8 Å². The van der Waals surface area contributed by atoms with Gasteiger partial charge in [-0.25, -0.2) is 0 Å². The molecular formula is C19H18N2O2S. The van der Waals surface area contributed by atoms with Crippen LogP contribution >= 0.6 is 11.3 Å². The van der Waals surface area contributed by atoms with Gasteiger partial charge in [0.05, 0.1) is 11.4 Å². The van der Waals surface area contributed by atoms with E-state index in [0.717, 1.165) is 16.0 Å². The summed E-state index contributed by atoms with van der Waals surface area (Å²) in [4.78, 5) is 13.5. The fraction of sp³-hybridized carbons (Fsp3) is 0.105. The van der Waals surface area contributed by atoms with Crippen LogP contribution in [0.3, 0.4) is 0 Å². The molecule has 0 saturated heterocycles. The minimum atomic E-state index is -0.208. The van der Waals surface area contributed by atoms with Crippen molar-refractivity contribution in [2.75, 3.05) is 17.7 Å². The number of amides is 1. The predicted octanol–water partition coefficient (Wildman–Crippen LogP) is 3.78. The molecule has 1 amide bonds. The summed E-state index contributed by atoms with van der Waals surface area (Å²) in [5.41, 5.74) is 9.69. The third-order valence-corrected chi connectivity index (χ3v) is 4.64. The van der Waals surface area contributed by atoms with Gasteiger partial charge in [-0.1, -0.05) is 24.3 Å². The number of benzene rings is 2. The van der Waals surface area contributed by atoms with Crippen molar-refractivity contribution in [3.8, 4) is 10.4 Å². The van der Waals surface area contributed by atoms with Gasteiger partial charge in [0.15, 0.2) is 0 Å². The third-order valence-electron chi connectivity index (χ3n) is 3.72. The van der Waals surface area contributed by atoms with Crippen molar-refractivity contribution in [2.45, 2.75) is 6.42 Å². The molecule has 0 aliphatic carbocycles. The average Bonchev–Trinajstić information content (AvgIpc) is 3.12. The van der Waals surface area contributed by atoms with E-state index in [-0.39, 0.29) is 12.5 Å². The lowest BCUT2D eigenvalue weighted by Crippen LogP contribution is -2.13. The van der Waals surface area contributed by atoms with Crippen molar-refractivity contribution in [3.63, 3.8) is 0 Å². The quantitative estimate of drug-likeness (QED) is 0.620. The van der Waals surface area contributed by atoms with Crippen molar-refractivity contribution in [1.29, 1.82) is 0 Å². The second-order valence-electron chi connectivity index (χ2n) is 5.40. The summed E-state index contributed by atoms with van der Waals surface area (Å²) in [5, 5.41) is 13.8. The van der Waals surface area contributed by atoms with E-state index >= 15 is 0 Å². The van der Waals surface area contributed by atoms with E-state index in [9.17, 15) is 4.79 Å². The lowest BCUT2D eigenvalue weighted by Gasteiger charge is -2.10. The number of nitrogens with two attached hydrogens (primary N) is 1. The first-order valence-electron chi connectivity index (χ1n) is 7.62. The van der Waals surface area contributed by atoms with Crippen molar-refractivity contribution in [1.82, 2.24) is 0 Å². The predicted molar refractivity (Wildman–Crippen MR) is 99.4 cm³/mol. The van der Waals surface area contributed by atoms with Gasteiger partial charge in [0.1, 0.15) is 0 Å². The second kappa shape index (κ2) is 7.29. The largest absolute Gasteiger partial charge is 0.397 e. The van der Waals surface area contributed by atoms with Crippen molar-refractivity contribution in [3.05, 3.63) is 71.1 Å². The normalized spacial score (nSPS) is 10.5. The summed E-state index contributed by atoms with van der Waals surface area (Å²) in [6, 6.07) is 16.8. The number of hydrogen-bond donors (Lipinski definition) is 3. The Morgan fingerprint density at radius 2 is 1.92 bits per heavy atom. The van der Waals surface area contributed by atoms with Gasteiger partial charge in [-0.3, -0.25) is 4.79 Å². The average molecular weight is 338 g/mol. The van der Waals surface area contributed by atoms with Crippen molar-refractivity contribution >= 4 is 28.6 Å². The first-order valence-corrected chi connectivity index (χ1v) is 8.50. The van der Waals surface area contributed by atoms with Crippen molar-refractivity contribution in [2.24, 2.45) is 0 Å². The first-order chi connectivity index (χ1) is 11.7. The van der Waals surface area contributed by atoms with Crippen LogP contribution in [0.4, 0.5) is 11.4 Å². The number of thiophene rings is 1. The van der Waals surface area contributed by atoms with Gasteiger partial charge in [-0.15, -0.1) is 11.3 Å². The molecule has 0 aliphatic rings. The summed E-state index contributed by atoms with van der Waals surface area (Å²) < 4.78 is 0. The SMILES string of the molecule is Nc1ccc(-c2cccs2)cc1NC(=O)c1ccc(CCO)cc1. The number of hydrogen-bond acceptors (Lipinski definition) is 4. The highest BCUT2D eigenvalue weighted by molar-refractivity contribution is 7.13. The Balaban J connectivity index is 1.79. The van der Waals surface area contributed by atoms with Gasteiger partial charge in [0.2, 0.25) is 0 Å². The van der Waals surface area contributed by atoms with Crippen LogP contribution in [-0.2, 0) is 6.42 Å². The van der Waals surface area contributed by atoms with Gasteiger partial charge in [-0.2, -0.15) is 0 Å². The molecule has 4 N–H and O–H groups in total. The molecular weight excluding hydrogens is 320 g/mol. The van der Waals surface area contributed by atoms with E-state index in [0.29, 0.717) is 23.4 Å². The van der Waals surface area contributed by atoms with E-state index in [1.54, 1.807) is 29.5 Å². The third kappa shape index (κ3) is 3.64. The Kier molecular flexibility index (Phi) is 4.93. The van der Waals surface area contributed by atoms with Crippen LogP contribution in [0.2, 0.25) is 0 Å². The molecule has 4 nitrogen and oxygen atoms in total. The molecule has 0 bridgehead atoms. The van der Waals surface area contributed by atoms with Crippen LogP contribution in [0.5, 0.6) is 0 Å². The number of anilines is 2. The van der Waals surface area contributed by atoms with Gasteiger partial charge < -0.3 is 16.2 Å². The molecule has 0 radical (unpaired) electrons. The molecule has 24 heavy (non-hydrogen) atoms. The van der Waals surface area contributed by atoms with Crippen LogP contribution in [0.15, 0.2) is 60.0 Å². The maximum Gasteiger partial charge on any atom is 0.255 e. The van der Waals surface area contributed by atoms with Crippen LogP contribution in [0.25, 0.3) is 10.4 Å². The smallest absolute Gasteiger partial charge is 0.255 e. The van der Waals surface area contributed by atoms with E-state index < -0.39 is 0 Å². The minimum Gasteiger partial charge on any atom is -0.397 e. The second-order valence-corrected chi connectivity index (χ2v) is 6.35. The molecule has 3 rings (SSSR count). The van der Waals surface area contributed by atoms with Gasteiger partial charge >= 0.3 is 0 Å². The van der Waals surface area contributed by atoms with E-state index in [2.05, 4.69) is 5.32 Å². The summed E-state index contributed by atoms with van der Waals surface area (Å²) in [7, 11) is 0. The molecule has 1 heterocycles. The van der Waals surface area contributed by atoms with E-state index in [1.165, 1.54) is 0 Å². The zero-order chi connectivity index (χ0) is 16.9. The Morgan fingerprint density at radius 1 is 1.12 bits per heavy atom. The Labute approximate surface area is 144 Å². The number of carbonyl (C=O) groups excluding carboxylic acids is 1. The molecule has 0 atom stereocenters. The molecule has 1 aromatic heterocycles. The molecule has 0 unspecified atom stereocenters. The maximum atomic E-state index is 12.4. The zero-order valence-electron chi connectivity index (χ0n) is 13.0. The maximum absolute atomic E-state index is 12.4. The standard InChI is InChI=1S/C19H18N2O2S/c20-16-8-7-15(18-2-1-11-24-18)12-17(16)21-19(23)14-5-3-13(4-6-14)9-10-22/h1-8,11-12,22H,9-10,20H2,(H,21,23). The highest BCUT2D eigenvalue weighted by Gasteiger charge is 2.10. The molecule has 0 spiro atoms. The monoisotopic (exact) mass is 338 g/mol. The summed E-state index contributed by atoms with van der Waals surface area (Å²) in [6.45, 7) is 0.0948. The number of aliphatic hydroxyl groups excluding tert-OH is 1. The molecule has 3 aromatic rings. The number of aliphatic hydroxyl groups is 1. The summed E-state index contributed by atoms with van der Waals surface area (Å²) in [6.07, 6.45) is 0.581. The lowest BCUT2D eigenvalue weighted by molar-refractivity contribution is 0.102. The lowest BCUT2D eigenvalue weighted by atomic mass is 10.1. The Bertz CT molecular complexity index is 827. The molecule has 122 valence electrons. The topological polar surface area (TPSA) is 75.3 Å². The van der Waals surface area contributed by atoms with Crippen molar-refractivity contribution < 1.29 is 9.90 Å². The van der Waals surface area contributed by atoms with Gasteiger partial charge in [0.25, 0.3) is 5.91 Å². The summed E-state index contributed by atoms with van der Waals surface area (Å²) in [5.74, 6) is -0.208. The van der Waals surface area contributed by atoms with Crippen LogP contribution in [0, 0.1) is 0 Å². The Hall–Kier alpha value is -2.63. The van der Waals surface area contributed by atoms with Crippen LogP contribution in [0.1, 0.15) is 15.9 Å². The molecule has 0 fully saturated rings. The fourth-order valence-electron chi connectivity index (χ4n) is 2.41. The fourth-order valence-corrected chi connectivity index (χ4v) is 3.13. The van der Waals surface area contributed by atoms with Crippen LogP contribution in [-0.4, -0.2) is 17.6 Å². The van der Waals surface area contributed by atoms with Gasteiger partial charge in [0, 0.05) is 17.0 Å². The molecule has 2 aromatic carbocycles. The highest BCUT2D eigenvalue weighted by atomic mass is 32.1. The minimum absolute atomic E-state index is 0.0948. The molecule has 0 saturated carbocycles. The highest BCUT2D eigenvalue weighted by Crippen LogP contribution is 2.30. The first kappa shape index (κ1) is 16.2. The number of carbonyl (C=O) groups is 1. The van der Waals surface area contributed by atoms with Gasteiger partial charge in [-0.05, 0) is 53.3 Å².